The first kappa shape index (κ1) is 15.6. The topological polar surface area (TPSA) is 89.5 Å². The van der Waals surface area contributed by atoms with Crippen LogP contribution in [0.4, 0.5) is 0 Å². The van der Waals surface area contributed by atoms with Gasteiger partial charge in [-0.15, -0.1) is 0 Å². The number of aliphatic carboxylic acids is 1. The number of likely N-dealkylation sites (N-methyl/N-ethyl adjacent to an activating group) is 1. The number of carbonyl (C=O) groups is 2. The number of carbonyl (C=O) groups excluding carboxylic acids is 2. The number of hydrogen-bond donors (Lipinski definition) is 2. The summed E-state index contributed by atoms with van der Waals surface area (Å²) in [6.45, 7) is 5.83. The first-order valence-corrected chi connectivity index (χ1v) is 5.39. The van der Waals surface area contributed by atoms with Gasteiger partial charge in [-0.25, -0.2) is 0 Å². The van der Waals surface area contributed by atoms with E-state index in [0.29, 0.717) is 25.2 Å². The summed E-state index contributed by atoms with van der Waals surface area (Å²) in [6, 6.07) is 0. The van der Waals surface area contributed by atoms with Crippen LogP contribution in [0.1, 0.15) is 6.92 Å². The fourth-order valence-electron chi connectivity index (χ4n) is 1.41. The Morgan fingerprint density at radius 2 is 2.00 bits per heavy atom. The molecule has 1 atom stereocenters. The van der Waals surface area contributed by atoms with E-state index in [9.17, 15) is 14.7 Å². The molecular formula is C11H20N2O4. The Hall–Kier alpha value is -1.40. The molecule has 0 bridgehead atoms. The van der Waals surface area contributed by atoms with E-state index >= 15 is 0 Å². The molecule has 0 aliphatic carbocycles. The lowest BCUT2D eigenvalue weighted by Crippen LogP contribution is -2.55. The van der Waals surface area contributed by atoms with Crippen LogP contribution in [0.3, 0.4) is 0 Å². The molecule has 0 aromatic carbocycles. The average molecular weight is 244 g/mol. The third kappa shape index (κ3) is 6.70. The minimum absolute atomic E-state index is 0.113. The van der Waals surface area contributed by atoms with Crippen LogP contribution in [0, 0.1) is 0 Å². The van der Waals surface area contributed by atoms with Crippen LogP contribution in [0.5, 0.6) is 0 Å². The summed E-state index contributed by atoms with van der Waals surface area (Å²) in [6.07, 6.45) is 0. The minimum atomic E-state index is -1.17. The van der Waals surface area contributed by atoms with Crippen LogP contribution in [-0.2, 0) is 9.59 Å². The molecule has 2 N–H and O–H groups in total. The summed E-state index contributed by atoms with van der Waals surface area (Å²) in [5.74, 6) is -1.43. The highest BCUT2D eigenvalue weighted by atomic mass is 16.4. The van der Waals surface area contributed by atoms with Crippen molar-refractivity contribution in [3.8, 4) is 0 Å². The number of rotatable bonds is 8. The van der Waals surface area contributed by atoms with Gasteiger partial charge in [0, 0.05) is 5.57 Å². The van der Waals surface area contributed by atoms with Gasteiger partial charge in [0.1, 0.15) is 13.1 Å². The number of quaternary nitrogens is 1. The number of hydrogen-bond acceptors (Lipinski definition) is 4. The molecule has 1 unspecified atom stereocenters. The van der Waals surface area contributed by atoms with Gasteiger partial charge in [0.05, 0.1) is 32.7 Å². The van der Waals surface area contributed by atoms with Gasteiger partial charge in [0.25, 0.3) is 0 Å². The Kier molecular flexibility index (Phi) is 6.45. The number of aliphatic hydroxyl groups is 1. The van der Waals surface area contributed by atoms with E-state index in [2.05, 4.69) is 11.9 Å². The van der Waals surface area contributed by atoms with E-state index in [0.717, 1.165) is 0 Å². The third-order valence-electron chi connectivity index (χ3n) is 2.48. The van der Waals surface area contributed by atoms with Crippen molar-refractivity contribution in [2.45, 2.75) is 6.92 Å². The fraction of sp³-hybridized carbons (Fsp3) is 0.636. The van der Waals surface area contributed by atoms with Gasteiger partial charge in [0.15, 0.2) is 0 Å². The molecule has 0 rings (SSSR count). The number of amides is 1. The molecule has 98 valence electrons. The van der Waals surface area contributed by atoms with E-state index in [1.165, 1.54) is 0 Å². The fourth-order valence-corrected chi connectivity index (χ4v) is 1.41. The molecule has 0 fully saturated rings. The predicted molar refractivity (Wildman–Crippen MR) is 60.7 cm³/mol. The zero-order valence-electron chi connectivity index (χ0n) is 10.4. The number of carboxylic acids is 1. The van der Waals surface area contributed by atoms with Crippen molar-refractivity contribution >= 4 is 11.9 Å². The van der Waals surface area contributed by atoms with Crippen molar-refractivity contribution in [1.82, 2.24) is 5.32 Å². The maximum atomic E-state index is 11.2. The van der Waals surface area contributed by atoms with Gasteiger partial charge in [-0.3, -0.25) is 4.79 Å². The highest BCUT2D eigenvalue weighted by Gasteiger charge is 2.21. The van der Waals surface area contributed by atoms with Crippen LogP contribution in [0.15, 0.2) is 12.2 Å². The molecule has 1 amide bonds. The second kappa shape index (κ2) is 7.03. The van der Waals surface area contributed by atoms with Crippen molar-refractivity contribution in [3.63, 3.8) is 0 Å². The van der Waals surface area contributed by atoms with E-state index < -0.39 is 5.97 Å². The molecule has 0 saturated heterocycles. The summed E-state index contributed by atoms with van der Waals surface area (Å²) in [7, 11) is 1.69. The summed E-state index contributed by atoms with van der Waals surface area (Å²) in [5.41, 5.74) is 0.404. The molecule has 0 radical (unpaired) electrons. The number of carboxylic acid groups (broad SMARTS) is 1. The number of nitrogens with zero attached hydrogens (tertiary/aromatic N) is 1. The molecule has 0 aliphatic heterocycles. The molecule has 6 heteroatoms. The molecule has 6 nitrogen and oxygen atoms in total. The maximum Gasteiger partial charge on any atom is 0.246 e. The third-order valence-corrected chi connectivity index (χ3v) is 2.48. The Morgan fingerprint density at radius 1 is 1.41 bits per heavy atom. The normalized spacial score (nSPS) is 13.8. The van der Waals surface area contributed by atoms with Crippen molar-refractivity contribution in [2.75, 3.05) is 39.8 Å². The van der Waals surface area contributed by atoms with Crippen LogP contribution in [0.25, 0.3) is 0 Å². The van der Waals surface area contributed by atoms with E-state index in [1.54, 1.807) is 14.0 Å². The molecular weight excluding hydrogens is 224 g/mol. The summed E-state index contributed by atoms with van der Waals surface area (Å²) in [5, 5.41) is 22.1. The highest BCUT2D eigenvalue weighted by Crippen LogP contribution is 2.00. The van der Waals surface area contributed by atoms with Gasteiger partial charge >= 0.3 is 0 Å². The first-order chi connectivity index (χ1) is 7.80. The molecule has 0 aromatic rings. The Labute approximate surface area is 101 Å². The SMILES string of the molecule is C=C(C)C(=O)NCC[N+](C)(CCO)CC(=O)[O-]. The van der Waals surface area contributed by atoms with Gasteiger partial charge in [-0.05, 0) is 6.92 Å². The Morgan fingerprint density at radius 3 is 2.41 bits per heavy atom. The lowest BCUT2D eigenvalue weighted by Gasteiger charge is -2.34. The lowest BCUT2D eigenvalue weighted by atomic mass is 10.3. The quantitative estimate of drug-likeness (QED) is 0.377. The van der Waals surface area contributed by atoms with E-state index in [1.807, 2.05) is 0 Å². The highest BCUT2D eigenvalue weighted by molar-refractivity contribution is 5.92. The van der Waals surface area contributed by atoms with Gasteiger partial charge in [-0.1, -0.05) is 6.58 Å². The summed E-state index contributed by atoms with van der Waals surface area (Å²) < 4.78 is 0.120. The van der Waals surface area contributed by atoms with Crippen molar-refractivity contribution in [1.29, 1.82) is 0 Å². The molecule has 0 aromatic heterocycles. The van der Waals surface area contributed by atoms with Crippen LogP contribution in [0.2, 0.25) is 0 Å². The van der Waals surface area contributed by atoms with Gasteiger partial charge in [0.2, 0.25) is 5.91 Å². The summed E-state index contributed by atoms with van der Waals surface area (Å²) >= 11 is 0. The van der Waals surface area contributed by atoms with Crippen LogP contribution >= 0.6 is 0 Å². The average Bonchev–Trinajstić information content (AvgIpc) is 2.15. The van der Waals surface area contributed by atoms with Crippen LogP contribution < -0.4 is 10.4 Å². The van der Waals surface area contributed by atoms with Crippen molar-refractivity contribution < 1.29 is 24.3 Å². The lowest BCUT2D eigenvalue weighted by molar-refractivity contribution is -0.903. The Balaban J connectivity index is 4.21. The second-order valence-corrected chi connectivity index (χ2v) is 4.36. The smallest absolute Gasteiger partial charge is 0.246 e. The minimum Gasteiger partial charge on any atom is -0.544 e. The second-order valence-electron chi connectivity index (χ2n) is 4.36. The van der Waals surface area contributed by atoms with Gasteiger partial charge < -0.3 is 24.8 Å². The molecule has 0 saturated carbocycles. The largest absolute Gasteiger partial charge is 0.544 e. The molecule has 17 heavy (non-hydrogen) atoms. The van der Waals surface area contributed by atoms with Gasteiger partial charge in [-0.2, -0.15) is 0 Å². The zero-order valence-corrected chi connectivity index (χ0v) is 10.4. The first-order valence-electron chi connectivity index (χ1n) is 5.39. The van der Waals surface area contributed by atoms with E-state index in [-0.39, 0.29) is 23.5 Å². The number of nitrogens with one attached hydrogen (secondary N) is 1. The van der Waals surface area contributed by atoms with E-state index in [4.69, 9.17) is 5.11 Å². The molecule has 0 spiro atoms. The molecule has 0 aliphatic rings. The molecule has 0 heterocycles. The number of aliphatic hydroxyl groups excluding tert-OH is 1. The van der Waals surface area contributed by atoms with Crippen LogP contribution in [-0.4, -0.2) is 61.3 Å². The Bertz CT molecular complexity index is 304. The zero-order chi connectivity index (χ0) is 13.5. The predicted octanol–water partition coefficient (Wildman–Crippen LogP) is -2.13. The maximum absolute atomic E-state index is 11.2. The standard InChI is InChI=1S/C11H20N2O4/c1-9(2)11(17)12-4-5-13(3,6-7-14)8-10(15)16/h14H,1,4-8H2,2-3H3,(H-,12,15,16,17). The summed E-state index contributed by atoms with van der Waals surface area (Å²) in [4.78, 5) is 21.8. The monoisotopic (exact) mass is 244 g/mol. The van der Waals surface area contributed by atoms with Crippen molar-refractivity contribution in [3.05, 3.63) is 12.2 Å². The van der Waals surface area contributed by atoms with Crippen molar-refractivity contribution in [2.24, 2.45) is 0 Å².